The Morgan fingerprint density at radius 3 is 3.14 bits per heavy atom. The summed E-state index contributed by atoms with van der Waals surface area (Å²) in [5, 5.41) is 11.2. The van der Waals surface area contributed by atoms with Gasteiger partial charge >= 0.3 is 5.97 Å². The lowest BCUT2D eigenvalue weighted by molar-refractivity contribution is -0.134. The van der Waals surface area contributed by atoms with Gasteiger partial charge in [0.2, 0.25) is 5.88 Å². The fraction of sp³-hybridized carbons (Fsp3) is 0.556. The molecule has 1 rings (SSSR count). The fourth-order valence-electron chi connectivity index (χ4n) is 0.875. The molecule has 0 aliphatic carbocycles. The van der Waals surface area contributed by atoms with E-state index in [1.165, 1.54) is 11.3 Å². The summed E-state index contributed by atoms with van der Waals surface area (Å²) < 4.78 is 4.92. The monoisotopic (exact) mass is 215 g/mol. The first-order valence-corrected chi connectivity index (χ1v) is 5.40. The molecule has 5 heteroatoms. The van der Waals surface area contributed by atoms with Gasteiger partial charge in [-0.2, -0.15) is 0 Å². The number of carbonyl (C=O) groups is 1. The molecule has 14 heavy (non-hydrogen) atoms. The van der Waals surface area contributed by atoms with Crippen LogP contribution in [-0.2, 0) is 11.2 Å². The molecule has 0 atom stereocenters. The van der Waals surface area contributed by atoms with Crippen molar-refractivity contribution in [1.29, 1.82) is 0 Å². The number of hydrogen-bond donors (Lipinski definition) is 1. The smallest absolute Gasteiger partial charge is 0.312 e. The van der Waals surface area contributed by atoms with Crippen LogP contribution in [0.5, 0.6) is 5.88 Å². The second-order valence-electron chi connectivity index (χ2n) is 2.73. The highest BCUT2D eigenvalue weighted by molar-refractivity contribution is 7.09. The largest absolute Gasteiger partial charge is 0.407 e. The molecule has 1 aromatic rings. The van der Waals surface area contributed by atoms with Crippen LogP contribution in [0.15, 0.2) is 5.38 Å². The Bertz CT molecular complexity index is 298. The van der Waals surface area contributed by atoms with Crippen molar-refractivity contribution in [3.8, 4) is 5.88 Å². The van der Waals surface area contributed by atoms with E-state index in [9.17, 15) is 4.79 Å². The van der Waals surface area contributed by atoms with Crippen LogP contribution in [0.1, 0.15) is 24.8 Å². The summed E-state index contributed by atoms with van der Waals surface area (Å²) in [6.45, 7) is 1.89. The summed E-state index contributed by atoms with van der Waals surface area (Å²) in [4.78, 5) is 15.0. The minimum Gasteiger partial charge on any atom is -0.407 e. The maximum Gasteiger partial charge on any atom is 0.312 e. The zero-order valence-electron chi connectivity index (χ0n) is 8.02. The zero-order valence-corrected chi connectivity index (χ0v) is 8.84. The van der Waals surface area contributed by atoms with E-state index in [1.807, 2.05) is 0 Å². The molecule has 0 aliphatic rings. The number of aliphatic hydroxyl groups excluding tert-OH is 1. The summed E-state index contributed by atoms with van der Waals surface area (Å²) in [6, 6.07) is 0. The first-order valence-electron chi connectivity index (χ1n) is 4.52. The topological polar surface area (TPSA) is 59.4 Å². The molecule has 0 saturated carbocycles. The lowest BCUT2D eigenvalue weighted by Crippen LogP contribution is -2.05. The summed E-state index contributed by atoms with van der Waals surface area (Å²) >= 11 is 1.44. The Labute approximate surface area is 86.6 Å². The van der Waals surface area contributed by atoms with Gasteiger partial charge in [0, 0.05) is 19.4 Å². The molecule has 0 aliphatic heterocycles. The van der Waals surface area contributed by atoms with Gasteiger partial charge in [-0.15, -0.1) is 11.3 Å². The van der Waals surface area contributed by atoms with Gasteiger partial charge < -0.3 is 9.84 Å². The molecule has 4 nitrogen and oxygen atoms in total. The van der Waals surface area contributed by atoms with Crippen LogP contribution in [0, 0.1) is 0 Å². The molecule has 1 N–H and O–H groups in total. The summed E-state index contributed by atoms with van der Waals surface area (Å²) in [5.74, 6) is 0.0961. The lowest BCUT2D eigenvalue weighted by Gasteiger charge is -1.96. The molecule has 0 fully saturated rings. The van der Waals surface area contributed by atoms with Gasteiger partial charge in [0.25, 0.3) is 0 Å². The predicted octanol–water partition coefficient (Wildman–Crippen LogP) is 1.38. The molecule has 0 radical (unpaired) electrons. The average molecular weight is 215 g/mol. The van der Waals surface area contributed by atoms with Crippen LogP contribution >= 0.6 is 11.3 Å². The third kappa shape index (κ3) is 3.43. The van der Waals surface area contributed by atoms with Crippen molar-refractivity contribution in [2.45, 2.75) is 26.2 Å². The van der Waals surface area contributed by atoms with Crippen molar-refractivity contribution >= 4 is 17.3 Å². The summed E-state index contributed by atoms with van der Waals surface area (Å²) in [6.07, 6.45) is 1.77. The number of hydrogen-bond acceptors (Lipinski definition) is 5. The third-order valence-corrected chi connectivity index (χ3v) is 2.47. The van der Waals surface area contributed by atoms with Gasteiger partial charge in [0.05, 0.1) is 10.4 Å². The predicted molar refractivity (Wildman–Crippen MR) is 53.4 cm³/mol. The standard InChI is InChI=1S/C9H13NO3S/c1-2-9(12)13-7-6-14-8(10-7)4-3-5-11/h6,11H,2-5H2,1H3. The highest BCUT2D eigenvalue weighted by Crippen LogP contribution is 2.17. The third-order valence-electron chi connectivity index (χ3n) is 1.59. The van der Waals surface area contributed by atoms with Crippen molar-refractivity contribution in [2.24, 2.45) is 0 Å². The number of esters is 1. The number of aryl methyl sites for hydroxylation is 1. The van der Waals surface area contributed by atoms with E-state index in [0.717, 1.165) is 11.4 Å². The van der Waals surface area contributed by atoms with Gasteiger partial charge in [-0.25, -0.2) is 4.98 Å². The van der Waals surface area contributed by atoms with E-state index in [2.05, 4.69) is 4.98 Å². The first-order chi connectivity index (χ1) is 6.76. The molecule has 0 bridgehead atoms. The molecule has 1 aromatic heterocycles. The van der Waals surface area contributed by atoms with E-state index in [-0.39, 0.29) is 12.6 Å². The van der Waals surface area contributed by atoms with Crippen LogP contribution in [0.4, 0.5) is 0 Å². The Kier molecular flexibility index (Phi) is 4.55. The van der Waals surface area contributed by atoms with Crippen molar-refractivity contribution < 1.29 is 14.6 Å². The van der Waals surface area contributed by atoms with Crippen LogP contribution < -0.4 is 4.74 Å². The van der Waals surface area contributed by atoms with Crippen LogP contribution in [0.2, 0.25) is 0 Å². The van der Waals surface area contributed by atoms with Crippen molar-refractivity contribution in [3.63, 3.8) is 0 Å². The quantitative estimate of drug-likeness (QED) is 0.754. The normalized spacial score (nSPS) is 10.1. The average Bonchev–Trinajstić information content (AvgIpc) is 2.62. The fourth-order valence-corrected chi connectivity index (χ4v) is 1.62. The van der Waals surface area contributed by atoms with Gasteiger partial charge in [0.15, 0.2) is 0 Å². The van der Waals surface area contributed by atoms with Gasteiger partial charge in [0.1, 0.15) is 0 Å². The molecule has 0 aromatic carbocycles. The molecule has 0 saturated heterocycles. The van der Waals surface area contributed by atoms with Crippen LogP contribution in [0.25, 0.3) is 0 Å². The molecule has 1 heterocycles. The molecule has 0 spiro atoms. The summed E-state index contributed by atoms with van der Waals surface area (Å²) in [5.41, 5.74) is 0. The lowest BCUT2D eigenvalue weighted by atomic mass is 10.3. The zero-order chi connectivity index (χ0) is 10.4. The second kappa shape index (κ2) is 5.72. The number of nitrogens with zero attached hydrogens (tertiary/aromatic N) is 1. The van der Waals surface area contributed by atoms with E-state index >= 15 is 0 Å². The van der Waals surface area contributed by atoms with Crippen molar-refractivity contribution in [3.05, 3.63) is 10.4 Å². The second-order valence-corrected chi connectivity index (χ2v) is 3.68. The van der Waals surface area contributed by atoms with Crippen LogP contribution in [0.3, 0.4) is 0 Å². The number of thiazole rings is 1. The Hall–Kier alpha value is -0.940. The maximum atomic E-state index is 10.9. The Morgan fingerprint density at radius 1 is 1.71 bits per heavy atom. The van der Waals surface area contributed by atoms with E-state index in [1.54, 1.807) is 12.3 Å². The molecular weight excluding hydrogens is 202 g/mol. The van der Waals surface area contributed by atoms with Gasteiger partial charge in [-0.3, -0.25) is 4.79 Å². The number of aliphatic hydroxyl groups is 1. The van der Waals surface area contributed by atoms with E-state index < -0.39 is 0 Å². The Morgan fingerprint density at radius 2 is 2.50 bits per heavy atom. The number of carbonyl (C=O) groups excluding carboxylic acids is 1. The van der Waals surface area contributed by atoms with E-state index in [4.69, 9.17) is 9.84 Å². The SMILES string of the molecule is CCC(=O)Oc1csc(CCCO)n1. The minimum atomic E-state index is -0.274. The van der Waals surface area contributed by atoms with Crippen molar-refractivity contribution in [1.82, 2.24) is 4.98 Å². The highest BCUT2D eigenvalue weighted by Gasteiger charge is 2.06. The Balaban J connectivity index is 2.46. The maximum absolute atomic E-state index is 10.9. The van der Waals surface area contributed by atoms with Crippen LogP contribution in [-0.4, -0.2) is 22.7 Å². The van der Waals surface area contributed by atoms with Gasteiger partial charge in [-0.05, 0) is 6.42 Å². The van der Waals surface area contributed by atoms with Crippen molar-refractivity contribution in [2.75, 3.05) is 6.61 Å². The number of aromatic nitrogens is 1. The molecule has 0 amide bonds. The molecule has 78 valence electrons. The van der Waals surface area contributed by atoms with Gasteiger partial charge in [-0.1, -0.05) is 6.92 Å². The van der Waals surface area contributed by atoms with E-state index in [0.29, 0.717) is 18.7 Å². The number of rotatable bonds is 5. The minimum absolute atomic E-state index is 0.156. The molecular formula is C9H13NO3S. The highest BCUT2D eigenvalue weighted by atomic mass is 32.1. The number of ether oxygens (including phenoxy) is 1. The summed E-state index contributed by atoms with van der Waals surface area (Å²) in [7, 11) is 0. The first kappa shape index (κ1) is 11.1. The molecule has 0 unspecified atom stereocenters.